The minimum absolute atomic E-state index is 0.179. The second-order valence-electron chi connectivity index (χ2n) is 4.94. The molecule has 0 fully saturated rings. The number of ether oxygens (including phenoxy) is 3. The number of rotatable bonds is 11. The second-order valence-corrected chi connectivity index (χ2v) is 6.36. The van der Waals surface area contributed by atoms with Gasteiger partial charge in [0.15, 0.2) is 10.1 Å². The van der Waals surface area contributed by atoms with Crippen molar-refractivity contribution in [3.63, 3.8) is 0 Å². The Kier molecular flexibility index (Phi) is 8.39. The maximum Gasteiger partial charge on any atom is 0.468 e. The van der Waals surface area contributed by atoms with Crippen LogP contribution >= 0.6 is 0 Å². The van der Waals surface area contributed by atoms with Crippen LogP contribution in [0.3, 0.4) is 0 Å². The molecule has 0 rings (SSSR count). The van der Waals surface area contributed by atoms with Crippen molar-refractivity contribution in [3.8, 4) is 0 Å². The van der Waals surface area contributed by atoms with Crippen molar-refractivity contribution in [3.05, 3.63) is 25.5 Å². The molecule has 0 aromatic carbocycles. The van der Waals surface area contributed by atoms with E-state index in [0.29, 0.717) is 0 Å². The lowest BCUT2D eigenvalue weighted by atomic mass is 10.2. The predicted molar refractivity (Wildman–Crippen MR) is 76.1 cm³/mol. The first-order chi connectivity index (χ1) is 12.9. The largest absolute Gasteiger partial charge is 0.743 e. The highest BCUT2D eigenvalue weighted by Gasteiger charge is 2.68. The van der Waals surface area contributed by atoms with E-state index in [1.807, 2.05) is 0 Å². The van der Waals surface area contributed by atoms with E-state index < -0.39 is 64.6 Å². The van der Waals surface area contributed by atoms with Gasteiger partial charge in [-0.05, 0) is 6.42 Å². The summed E-state index contributed by atoms with van der Waals surface area (Å²) >= 11 is 0. The van der Waals surface area contributed by atoms with Gasteiger partial charge in [0.05, 0.1) is 12.9 Å². The topological polar surface area (TPSA) is 119 Å². The Labute approximate surface area is 158 Å². The highest BCUT2D eigenvalue weighted by atomic mass is 32.2. The summed E-state index contributed by atoms with van der Waals surface area (Å²) in [6, 6.07) is 0. The molecule has 0 amide bonds. The van der Waals surface area contributed by atoms with Crippen molar-refractivity contribution in [1.29, 1.82) is 0 Å². The number of halogens is 7. The number of hydrogen-bond acceptors (Lipinski definition) is 8. The molecule has 0 bridgehead atoms. The van der Waals surface area contributed by atoms with Crippen LogP contribution in [0.1, 0.15) is 12.8 Å². The summed E-state index contributed by atoms with van der Waals surface area (Å²) in [7, 11) is -6.81. The van der Waals surface area contributed by atoms with Gasteiger partial charge < -0.3 is 18.8 Å². The molecule has 0 aliphatic carbocycles. The first kappa shape index (κ1) is 26.8. The molecule has 0 aromatic rings. The standard InChI is InChI=1S/C13H13F7O8S/c1-3-8(21)28-11(12(16,17)18,9(22)26-4-2)27-7-5-6-10(14,15)13(19,20)29(23,24)25/h3-4H,1-2,5-7H2,(H,23,24,25)/p-1. The summed E-state index contributed by atoms with van der Waals surface area (Å²) in [5.41, 5.74) is 0. The van der Waals surface area contributed by atoms with E-state index in [9.17, 15) is 53.3 Å². The van der Waals surface area contributed by atoms with E-state index in [2.05, 4.69) is 27.4 Å². The maximum absolute atomic E-state index is 13.3. The van der Waals surface area contributed by atoms with Gasteiger partial charge in [-0.15, -0.1) is 0 Å². The van der Waals surface area contributed by atoms with Crippen molar-refractivity contribution >= 4 is 22.1 Å². The molecule has 0 aromatic heterocycles. The minimum Gasteiger partial charge on any atom is -0.743 e. The predicted octanol–water partition coefficient (Wildman–Crippen LogP) is 2.23. The summed E-state index contributed by atoms with van der Waals surface area (Å²) in [4.78, 5) is 22.7. The quantitative estimate of drug-likeness (QED) is 0.0874. The fourth-order valence-electron chi connectivity index (χ4n) is 1.56. The molecule has 0 saturated heterocycles. The van der Waals surface area contributed by atoms with Gasteiger partial charge in [-0.3, -0.25) is 0 Å². The normalized spacial score (nSPS) is 15.2. The van der Waals surface area contributed by atoms with E-state index in [-0.39, 0.29) is 12.3 Å². The number of hydrogen-bond donors (Lipinski definition) is 0. The van der Waals surface area contributed by atoms with Crippen LogP contribution in [0.15, 0.2) is 25.5 Å². The third-order valence-electron chi connectivity index (χ3n) is 2.92. The molecule has 8 nitrogen and oxygen atoms in total. The monoisotopic (exact) mass is 461 g/mol. The van der Waals surface area contributed by atoms with E-state index >= 15 is 0 Å². The Morgan fingerprint density at radius 3 is 1.93 bits per heavy atom. The van der Waals surface area contributed by atoms with Gasteiger partial charge in [-0.1, -0.05) is 13.2 Å². The Hall–Kier alpha value is -2.20. The summed E-state index contributed by atoms with van der Waals surface area (Å²) in [5.74, 6) is -14.3. The molecule has 168 valence electrons. The zero-order chi connectivity index (χ0) is 23.3. The summed E-state index contributed by atoms with van der Waals surface area (Å²) in [6.07, 6.45) is -9.08. The van der Waals surface area contributed by atoms with Gasteiger partial charge in [0.1, 0.15) is 0 Å². The van der Waals surface area contributed by atoms with Crippen molar-refractivity contribution < 1.29 is 67.5 Å². The number of carbonyl (C=O) groups is 2. The summed E-state index contributed by atoms with van der Waals surface area (Å²) < 4.78 is 135. The van der Waals surface area contributed by atoms with Crippen LogP contribution in [-0.4, -0.2) is 54.7 Å². The smallest absolute Gasteiger partial charge is 0.468 e. The van der Waals surface area contributed by atoms with E-state index in [1.54, 1.807) is 0 Å². The lowest BCUT2D eigenvalue weighted by Gasteiger charge is -2.32. The third-order valence-corrected chi connectivity index (χ3v) is 3.85. The van der Waals surface area contributed by atoms with Crippen molar-refractivity contribution in [2.45, 2.75) is 36.0 Å². The maximum atomic E-state index is 13.3. The zero-order valence-electron chi connectivity index (χ0n) is 14.0. The molecule has 0 aliphatic heterocycles. The Balaban J connectivity index is 5.59. The SMILES string of the molecule is C=COC(=O)C(OCCCC(F)(F)C(F)(F)S(=O)(=O)[O-])(OC(=O)C=C)C(F)(F)F. The molecule has 0 aliphatic rings. The van der Waals surface area contributed by atoms with E-state index in [1.165, 1.54) is 0 Å². The minimum atomic E-state index is -6.81. The number of alkyl halides is 7. The highest BCUT2D eigenvalue weighted by molar-refractivity contribution is 7.86. The van der Waals surface area contributed by atoms with Gasteiger partial charge in [0, 0.05) is 12.5 Å². The third kappa shape index (κ3) is 5.89. The first-order valence-electron chi connectivity index (χ1n) is 6.98. The van der Waals surface area contributed by atoms with Gasteiger partial charge in [-0.25, -0.2) is 18.0 Å². The average Bonchev–Trinajstić information content (AvgIpc) is 2.55. The number of esters is 2. The highest BCUT2D eigenvalue weighted by Crippen LogP contribution is 2.42. The fourth-order valence-corrected chi connectivity index (χ4v) is 2.03. The molecular weight excluding hydrogens is 449 g/mol. The average molecular weight is 461 g/mol. The summed E-state index contributed by atoms with van der Waals surface area (Å²) in [5, 5.41) is -6.07. The Bertz CT molecular complexity index is 747. The molecule has 0 heterocycles. The Morgan fingerprint density at radius 1 is 1.03 bits per heavy atom. The van der Waals surface area contributed by atoms with Gasteiger partial charge >= 0.3 is 35.1 Å². The van der Waals surface area contributed by atoms with Gasteiger partial charge in [0.2, 0.25) is 0 Å². The second kappa shape index (κ2) is 9.08. The lowest BCUT2D eigenvalue weighted by Crippen LogP contribution is -2.58. The fraction of sp³-hybridized carbons (Fsp3) is 0.538. The van der Waals surface area contributed by atoms with Crippen LogP contribution in [0.5, 0.6) is 0 Å². The van der Waals surface area contributed by atoms with Crippen molar-refractivity contribution in [2.24, 2.45) is 0 Å². The lowest BCUT2D eigenvalue weighted by molar-refractivity contribution is -0.353. The molecular formula is C13H12F7O8S-. The zero-order valence-corrected chi connectivity index (χ0v) is 14.8. The van der Waals surface area contributed by atoms with Crippen LogP contribution in [0, 0.1) is 0 Å². The summed E-state index contributed by atoms with van der Waals surface area (Å²) in [6.45, 7) is 3.95. The molecule has 0 radical (unpaired) electrons. The molecule has 0 N–H and O–H groups in total. The first-order valence-corrected chi connectivity index (χ1v) is 8.39. The van der Waals surface area contributed by atoms with Gasteiger partial charge in [0.25, 0.3) is 0 Å². The van der Waals surface area contributed by atoms with Crippen molar-refractivity contribution in [2.75, 3.05) is 6.61 Å². The van der Waals surface area contributed by atoms with Crippen molar-refractivity contribution in [1.82, 2.24) is 0 Å². The van der Waals surface area contributed by atoms with Crippen LogP contribution in [0.2, 0.25) is 0 Å². The van der Waals surface area contributed by atoms with Crippen LogP contribution in [0.4, 0.5) is 30.7 Å². The Morgan fingerprint density at radius 2 is 1.55 bits per heavy atom. The van der Waals surface area contributed by atoms with Crippen LogP contribution in [-0.2, 0) is 33.9 Å². The molecule has 0 saturated carbocycles. The molecule has 16 heteroatoms. The number of carbonyl (C=O) groups excluding carboxylic acids is 2. The molecule has 0 spiro atoms. The van der Waals surface area contributed by atoms with E-state index in [0.717, 1.165) is 0 Å². The van der Waals surface area contributed by atoms with Gasteiger partial charge in [-0.2, -0.15) is 30.7 Å². The van der Waals surface area contributed by atoms with Crippen LogP contribution in [0.25, 0.3) is 0 Å². The molecule has 29 heavy (non-hydrogen) atoms. The van der Waals surface area contributed by atoms with Crippen LogP contribution < -0.4 is 0 Å². The van der Waals surface area contributed by atoms with E-state index in [4.69, 9.17) is 0 Å². The molecule has 1 atom stereocenters. The molecule has 1 unspecified atom stereocenters.